The first-order chi connectivity index (χ1) is 8.60. The highest BCUT2D eigenvalue weighted by Crippen LogP contribution is 2.30. The molecule has 0 atom stereocenters. The van der Waals surface area contributed by atoms with Gasteiger partial charge in [-0.05, 0) is 46.3 Å². The van der Waals surface area contributed by atoms with Gasteiger partial charge in [0.15, 0.2) is 0 Å². The molecule has 0 radical (unpaired) electrons. The summed E-state index contributed by atoms with van der Waals surface area (Å²) in [7, 11) is 1.59. The molecule has 0 aliphatic rings. The molecular formula is C13H12BrClN2O. The van der Waals surface area contributed by atoms with Crippen LogP contribution in [0.15, 0.2) is 40.9 Å². The van der Waals surface area contributed by atoms with Gasteiger partial charge in [-0.1, -0.05) is 11.6 Å². The molecule has 2 aromatic carbocycles. The number of hydrogen-bond acceptors (Lipinski definition) is 3. The summed E-state index contributed by atoms with van der Waals surface area (Å²) in [5.74, 6) is 0.642. The summed E-state index contributed by atoms with van der Waals surface area (Å²) < 4.78 is 6.03. The average Bonchev–Trinajstić information content (AvgIpc) is 2.36. The highest BCUT2D eigenvalue weighted by Gasteiger charge is 2.03. The lowest BCUT2D eigenvalue weighted by Crippen LogP contribution is -1.95. The van der Waals surface area contributed by atoms with Gasteiger partial charge in [0.05, 0.1) is 17.8 Å². The Labute approximate surface area is 119 Å². The molecule has 0 saturated carbocycles. The molecule has 18 heavy (non-hydrogen) atoms. The van der Waals surface area contributed by atoms with E-state index in [2.05, 4.69) is 21.2 Å². The second-order valence-corrected chi connectivity index (χ2v) is 4.97. The maximum absolute atomic E-state index is 6.03. The van der Waals surface area contributed by atoms with Crippen molar-refractivity contribution >= 4 is 44.6 Å². The molecule has 2 aromatic rings. The minimum atomic E-state index is 0.608. The summed E-state index contributed by atoms with van der Waals surface area (Å²) in [5, 5.41) is 3.89. The van der Waals surface area contributed by atoms with Gasteiger partial charge in [0.2, 0.25) is 0 Å². The van der Waals surface area contributed by atoms with Gasteiger partial charge in [-0.25, -0.2) is 0 Å². The number of methoxy groups -OCH3 is 1. The van der Waals surface area contributed by atoms with Gasteiger partial charge in [-0.2, -0.15) is 0 Å². The van der Waals surface area contributed by atoms with Crippen LogP contribution < -0.4 is 15.8 Å². The normalized spacial score (nSPS) is 10.2. The van der Waals surface area contributed by atoms with E-state index in [1.54, 1.807) is 13.2 Å². The first-order valence-electron chi connectivity index (χ1n) is 5.26. The fourth-order valence-corrected chi connectivity index (χ4v) is 1.96. The Balaban J connectivity index is 2.25. The van der Waals surface area contributed by atoms with Gasteiger partial charge in [0, 0.05) is 21.9 Å². The number of rotatable bonds is 3. The van der Waals surface area contributed by atoms with Crippen molar-refractivity contribution in [2.45, 2.75) is 0 Å². The predicted molar refractivity (Wildman–Crippen MR) is 79.8 cm³/mol. The van der Waals surface area contributed by atoms with Crippen LogP contribution in [0.3, 0.4) is 0 Å². The lowest BCUT2D eigenvalue weighted by molar-refractivity contribution is 0.417. The molecule has 94 valence electrons. The van der Waals surface area contributed by atoms with Crippen LogP contribution in [0.25, 0.3) is 0 Å². The van der Waals surface area contributed by atoms with Gasteiger partial charge < -0.3 is 15.8 Å². The van der Waals surface area contributed by atoms with Crippen LogP contribution in [0.2, 0.25) is 5.02 Å². The van der Waals surface area contributed by atoms with E-state index < -0.39 is 0 Å². The fourth-order valence-electron chi connectivity index (χ4n) is 1.53. The summed E-state index contributed by atoms with van der Waals surface area (Å²) in [5.41, 5.74) is 8.15. The lowest BCUT2D eigenvalue weighted by Gasteiger charge is -2.10. The fraction of sp³-hybridized carbons (Fsp3) is 0.0769. The standard InChI is InChI=1S/C13H12BrClN2O/c1-18-13-7-9(3-5-12(13)16)17-8-2-4-10(14)11(15)6-8/h2-7,17H,16H2,1H3. The molecule has 0 aromatic heterocycles. The van der Waals surface area contributed by atoms with Crippen molar-refractivity contribution in [3.8, 4) is 5.75 Å². The zero-order valence-electron chi connectivity index (χ0n) is 9.71. The van der Waals surface area contributed by atoms with E-state index in [9.17, 15) is 0 Å². The van der Waals surface area contributed by atoms with Crippen LogP contribution in [0.4, 0.5) is 17.1 Å². The van der Waals surface area contributed by atoms with E-state index in [1.807, 2.05) is 30.3 Å². The van der Waals surface area contributed by atoms with E-state index in [-0.39, 0.29) is 0 Å². The molecule has 0 bridgehead atoms. The quantitative estimate of drug-likeness (QED) is 0.819. The minimum absolute atomic E-state index is 0.608. The third-order valence-corrected chi connectivity index (χ3v) is 3.67. The Morgan fingerprint density at radius 3 is 2.50 bits per heavy atom. The molecule has 3 nitrogen and oxygen atoms in total. The first kappa shape index (κ1) is 13.1. The molecule has 0 heterocycles. The number of hydrogen-bond donors (Lipinski definition) is 2. The summed E-state index contributed by atoms with van der Waals surface area (Å²) in [6, 6.07) is 11.2. The average molecular weight is 328 g/mol. The number of halogens is 2. The lowest BCUT2D eigenvalue weighted by atomic mass is 10.2. The Morgan fingerprint density at radius 2 is 1.83 bits per heavy atom. The van der Waals surface area contributed by atoms with Crippen LogP contribution >= 0.6 is 27.5 Å². The second kappa shape index (κ2) is 5.50. The first-order valence-corrected chi connectivity index (χ1v) is 6.43. The maximum atomic E-state index is 6.03. The monoisotopic (exact) mass is 326 g/mol. The van der Waals surface area contributed by atoms with Crippen LogP contribution in [0.1, 0.15) is 0 Å². The predicted octanol–water partition coefficient (Wildman–Crippen LogP) is 4.44. The Hall–Kier alpha value is -1.39. The molecule has 0 saturated heterocycles. The van der Waals surface area contributed by atoms with Gasteiger partial charge in [0.1, 0.15) is 5.75 Å². The number of nitrogens with two attached hydrogens (primary N) is 1. The van der Waals surface area contributed by atoms with Gasteiger partial charge in [0.25, 0.3) is 0 Å². The number of nitrogens with one attached hydrogen (secondary N) is 1. The van der Waals surface area contributed by atoms with Crippen LogP contribution in [-0.2, 0) is 0 Å². The molecule has 0 aliphatic heterocycles. The zero-order valence-corrected chi connectivity index (χ0v) is 12.0. The zero-order chi connectivity index (χ0) is 13.1. The number of anilines is 3. The minimum Gasteiger partial charge on any atom is -0.495 e. The summed E-state index contributed by atoms with van der Waals surface area (Å²) >= 11 is 9.38. The molecule has 0 aliphatic carbocycles. The van der Waals surface area contributed by atoms with Gasteiger partial charge >= 0.3 is 0 Å². The number of benzene rings is 2. The van der Waals surface area contributed by atoms with Crippen LogP contribution in [-0.4, -0.2) is 7.11 Å². The Bertz CT molecular complexity index is 575. The van der Waals surface area contributed by atoms with E-state index in [1.165, 1.54) is 0 Å². The van der Waals surface area contributed by atoms with Crippen molar-refractivity contribution in [2.75, 3.05) is 18.2 Å². The van der Waals surface area contributed by atoms with E-state index >= 15 is 0 Å². The summed E-state index contributed by atoms with van der Waals surface area (Å²) in [6.07, 6.45) is 0. The second-order valence-electron chi connectivity index (χ2n) is 3.71. The molecule has 3 N–H and O–H groups in total. The Kier molecular flexibility index (Phi) is 3.99. The third kappa shape index (κ3) is 2.89. The highest BCUT2D eigenvalue weighted by atomic mass is 79.9. The van der Waals surface area contributed by atoms with Crippen molar-refractivity contribution in [1.82, 2.24) is 0 Å². The summed E-state index contributed by atoms with van der Waals surface area (Å²) in [6.45, 7) is 0. The van der Waals surface area contributed by atoms with Crippen LogP contribution in [0.5, 0.6) is 5.75 Å². The number of nitrogen functional groups attached to an aromatic ring is 1. The highest BCUT2D eigenvalue weighted by molar-refractivity contribution is 9.10. The molecule has 0 unspecified atom stereocenters. The van der Waals surface area contributed by atoms with Crippen LogP contribution in [0, 0.1) is 0 Å². The van der Waals surface area contributed by atoms with Crippen molar-refractivity contribution in [3.05, 3.63) is 45.9 Å². The largest absolute Gasteiger partial charge is 0.495 e. The van der Waals surface area contributed by atoms with Gasteiger partial charge in [-0.3, -0.25) is 0 Å². The maximum Gasteiger partial charge on any atom is 0.143 e. The van der Waals surface area contributed by atoms with Gasteiger partial charge in [-0.15, -0.1) is 0 Å². The number of ether oxygens (including phenoxy) is 1. The van der Waals surface area contributed by atoms with Crippen molar-refractivity contribution in [3.63, 3.8) is 0 Å². The SMILES string of the molecule is COc1cc(Nc2ccc(Br)c(Cl)c2)ccc1N. The molecule has 0 amide bonds. The molecule has 0 spiro atoms. The van der Waals surface area contributed by atoms with Crippen molar-refractivity contribution in [2.24, 2.45) is 0 Å². The molecule has 2 rings (SSSR count). The van der Waals surface area contributed by atoms with Crippen molar-refractivity contribution in [1.29, 1.82) is 0 Å². The third-order valence-electron chi connectivity index (χ3n) is 2.44. The Morgan fingerprint density at radius 1 is 1.17 bits per heavy atom. The van der Waals surface area contributed by atoms with E-state index in [0.717, 1.165) is 15.8 Å². The topological polar surface area (TPSA) is 47.3 Å². The van der Waals surface area contributed by atoms with E-state index in [4.69, 9.17) is 22.1 Å². The smallest absolute Gasteiger partial charge is 0.143 e. The molecule has 0 fully saturated rings. The molecular weight excluding hydrogens is 316 g/mol. The summed E-state index contributed by atoms with van der Waals surface area (Å²) in [4.78, 5) is 0. The van der Waals surface area contributed by atoms with E-state index in [0.29, 0.717) is 16.5 Å². The molecule has 5 heteroatoms. The van der Waals surface area contributed by atoms with Crippen molar-refractivity contribution < 1.29 is 4.74 Å².